The summed E-state index contributed by atoms with van der Waals surface area (Å²) in [7, 11) is -2.38. The van der Waals surface area contributed by atoms with Crippen LogP contribution >= 0.6 is 0 Å². The SMILES string of the molecule is COC(=O)Cc1ccc(S(=O)(=O)NCc2ncon2)cc1. The predicted molar refractivity (Wildman–Crippen MR) is 70.5 cm³/mol. The lowest BCUT2D eigenvalue weighted by Gasteiger charge is -2.06. The fourth-order valence-corrected chi connectivity index (χ4v) is 2.52. The van der Waals surface area contributed by atoms with Crippen molar-refractivity contribution in [3.8, 4) is 0 Å². The zero-order valence-electron chi connectivity index (χ0n) is 11.1. The standard InChI is InChI=1S/C12H13N3O5S/c1-19-12(16)6-9-2-4-10(5-3-9)21(17,18)14-7-11-13-8-20-15-11/h2-5,8,14H,6-7H2,1H3. The summed E-state index contributed by atoms with van der Waals surface area (Å²) in [6, 6.07) is 5.94. The van der Waals surface area contributed by atoms with Gasteiger partial charge in [-0.3, -0.25) is 4.79 Å². The maximum absolute atomic E-state index is 12.0. The van der Waals surface area contributed by atoms with Crippen LogP contribution in [0.25, 0.3) is 0 Å². The van der Waals surface area contributed by atoms with Gasteiger partial charge in [0.15, 0.2) is 5.82 Å². The molecule has 1 N–H and O–H groups in total. The maximum atomic E-state index is 12.0. The summed E-state index contributed by atoms with van der Waals surface area (Å²) in [5.74, 6) is -0.151. The molecule has 0 saturated carbocycles. The van der Waals surface area contributed by atoms with Crippen LogP contribution in [0.4, 0.5) is 0 Å². The second-order valence-corrected chi connectivity index (χ2v) is 5.84. The second kappa shape index (κ2) is 6.46. The van der Waals surface area contributed by atoms with E-state index in [2.05, 4.69) is 24.1 Å². The molecule has 112 valence electrons. The zero-order chi connectivity index (χ0) is 15.3. The quantitative estimate of drug-likeness (QED) is 0.762. The summed E-state index contributed by atoms with van der Waals surface area (Å²) in [6.07, 6.45) is 1.21. The Bertz CT molecular complexity index is 695. The summed E-state index contributed by atoms with van der Waals surface area (Å²) in [4.78, 5) is 14.9. The number of hydrogen-bond donors (Lipinski definition) is 1. The molecule has 1 heterocycles. The minimum absolute atomic E-state index is 0.0667. The van der Waals surface area contributed by atoms with Gasteiger partial charge in [-0.2, -0.15) is 4.98 Å². The molecule has 0 saturated heterocycles. The largest absolute Gasteiger partial charge is 0.469 e. The third kappa shape index (κ3) is 4.10. The fourth-order valence-electron chi connectivity index (χ4n) is 1.54. The molecule has 0 aliphatic rings. The Morgan fingerprint density at radius 3 is 2.62 bits per heavy atom. The number of hydrogen-bond acceptors (Lipinski definition) is 7. The minimum atomic E-state index is -3.68. The zero-order valence-corrected chi connectivity index (χ0v) is 12.0. The lowest BCUT2D eigenvalue weighted by molar-refractivity contribution is -0.139. The number of carbonyl (C=O) groups excluding carboxylic acids is 1. The van der Waals surface area contributed by atoms with Crippen molar-refractivity contribution in [3.63, 3.8) is 0 Å². The number of ether oxygens (including phenoxy) is 1. The number of nitrogens with one attached hydrogen (secondary N) is 1. The van der Waals surface area contributed by atoms with E-state index >= 15 is 0 Å². The summed E-state index contributed by atoms with van der Waals surface area (Å²) >= 11 is 0. The van der Waals surface area contributed by atoms with Crippen LogP contribution in [0.15, 0.2) is 40.1 Å². The lowest BCUT2D eigenvalue weighted by atomic mass is 10.2. The highest BCUT2D eigenvalue weighted by Crippen LogP contribution is 2.11. The molecule has 21 heavy (non-hydrogen) atoms. The van der Waals surface area contributed by atoms with E-state index in [4.69, 9.17) is 0 Å². The topological polar surface area (TPSA) is 111 Å². The molecule has 0 radical (unpaired) electrons. The normalized spacial score (nSPS) is 11.3. The van der Waals surface area contributed by atoms with Gasteiger partial charge in [0.25, 0.3) is 0 Å². The molecule has 1 aromatic heterocycles. The molecular formula is C12H13N3O5S. The van der Waals surface area contributed by atoms with E-state index in [0.717, 1.165) is 6.39 Å². The number of sulfonamides is 1. The summed E-state index contributed by atoms with van der Waals surface area (Å²) in [6.45, 7) is -0.0667. The van der Waals surface area contributed by atoms with Gasteiger partial charge in [0.1, 0.15) is 0 Å². The third-order valence-corrected chi connectivity index (χ3v) is 4.05. The van der Waals surface area contributed by atoms with Crippen molar-refractivity contribution >= 4 is 16.0 Å². The van der Waals surface area contributed by atoms with Crippen molar-refractivity contribution in [2.45, 2.75) is 17.9 Å². The first kappa shape index (κ1) is 15.1. The van der Waals surface area contributed by atoms with E-state index in [1.54, 1.807) is 12.1 Å². The molecule has 0 amide bonds. The first-order valence-corrected chi connectivity index (χ1v) is 7.40. The monoisotopic (exact) mass is 311 g/mol. The number of aromatic nitrogens is 2. The number of methoxy groups -OCH3 is 1. The van der Waals surface area contributed by atoms with Gasteiger partial charge in [-0.15, -0.1) is 0 Å². The van der Waals surface area contributed by atoms with Crippen LogP contribution in [0.1, 0.15) is 11.4 Å². The average Bonchev–Trinajstić information content (AvgIpc) is 2.99. The van der Waals surface area contributed by atoms with Gasteiger partial charge >= 0.3 is 5.97 Å². The fraction of sp³-hybridized carbons (Fsp3) is 0.250. The van der Waals surface area contributed by atoms with Crippen LogP contribution in [0, 0.1) is 0 Å². The summed E-state index contributed by atoms with van der Waals surface area (Å²) in [5, 5.41) is 3.50. The van der Waals surface area contributed by atoms with Crippen molar-refractivity contribution in [1.82, 2.24) is 14.9 Å². The van der Waals surface area contributed by atoms with E-state index in [9.17, 15) is 13.2 Å². The van der Waals surface area contributed by atoms with Gasteiger partial charge < -0.3 is 9.26 Å². The summed E-state index contributed by atoms with van der Waals surface area (Å²) in [5.41, 5.74) is 0.666. The smallest absolute Gasteiger partial charge is 0.309 e. The number of benzene rings is 1. The van der Waals surface area contributed by atoms with Crippen molar-refractivity contribution in [2.24, 2.45) is 0 Å². The van der Waals surface area contributed by atoms with Crippen molar-refractivity contribution in [3.05, 3.63) is 42.0 Å². The molecule has 0 aliphatic heterocycles. The van der Waals surface area contributed by atoms with Crippen LogP contribution in [-0.4, -0.2) is 31.6 Å². The Hall–Kier alpha value is -2.26. The van der Waals surface area contributed by atoms with E-state index in [0.29, 0.717) is 5.56 Å². The second-order valence-electron chi connectivity index (χ2n) is 4.07. The van der Waals surface area contributed by atoms with E-state index < -0.39 is 10.0 Å². The van der Waals surface area contributed by atoms with Crippen molar-refractivity contribution in [1.29, 1.82) is 0 Å². The Kier molecular flexibility index (Phi) is 4.66. The maximum Gasteiger partial charge on any atom is 0.309 e. The lowest BCUT2D eigenvalue weighted by Crippen LogP contribution is -2.23. The van der Waals surface area contributed by atoms with E-state index in [1.165, 1.54) is 19.2 Å². The minimum Gasteiger partial charge on any atom is -0.469 e. The first-order chi connectivity index (χ1) is 10.0. The molecule has 2 rings (SSSR count). The predicted octanol–water partition coefficient (Wildman–Crippen LogP) is 0.264. The van der Waals surface area contributed by atoms with Crippen LogP contribution in [0.5, 0.6) is 0 Å². The van der Waals surface area contributed by atoms with Gasteiger partial charge in [0, 0.05) is 0 Å². The highest BCUT2D eigenvalue weighted by atomic mass is 32.2. The molecular weight excluding hydrogens is 298 g/mol. The number of esters is 1. The van der Waals surface area contributed by atoms with Crippen molar-refractivity contribution in [2.75, 3.05) is 7.11 Å². The van der Waals surface area contributed by atoms with Gasteiger partial charge in [0.05, 0.1) is 25.0 Å². The molecule has 8 nitrogen and oxygen atoms in total. The molecule has 0 bridgehead atoms. The molecule has 0 spiro atoms. The van der Waals surface area contributed by atoms with Gasteiger partial charge in [-0.05, 0) is 17.7 Å². The van der Waals surface area contributed by atoms with Crippen LogP contribution in [-0.2, 0) is 32.5 Å². The number of rotatable bonds is 6. The Balaban J connectivity index is 2.04. The Labute approximate surface area is 121 Å². The third-order valence-electron chi connectivity index (χ3n) is 2.64. The van der Waals surface area contributed by atoms with Crippen LogP contribution in [0.3, 0.4) is 0 Å². The van der Waals surface area contributed by atoms with E-state index in [-0.39, 0.29) is 29.7 Å². The molecule has 0 unspecified atom stereocenters. The first-order valence-electron chi connectivity index (χ1n) is 5.92. The molecule has 0 fully saturated rings. The highest BCUT2D eigenvalue weighted by molar-refractivity contribution is 7.89. The molecule has 9 heteroatoms. The van der Waals surface area contributed by atoms with Gasteiger partial charge in [-0.25, -0.2) is 13.1 Å². The Morgan fingerprint density at radius 1 is 1.33 bits per heavy atom. The molecule has 1 aromatic carbocycles. The average molecular weight is 311 g/mol. The highest BCUT2D eigenvalue weighted by Gasteiger charge is 2.15. The molecule has 0 aliphatic carbocycles. The number of carbonyl (C=O) groups is 1. The Morgan fingerprint density at radius 2 is 2.05 bits per heavy atom. The van der Waals surface area contributed by atoms with Gasteiger partial charge in [-0.1, -0.05) is 17.3 Å². The molecule has 0 atom stereocenters. The van der Waals surface area contributed by atoms with Gasteiger partial charge in [0.2, 0.25) is 16.4 Å². The van der Waals surface area contributed by atoms with E-state index in [1.807, 2.05) is 0 Å². The van der Waals surface area contributed by atoms with Crippen LogP contribution in [0.2, 0.25) is 0 Å². The van der Waals surface area contributed by atoms with Crippen LogP contribution < -0.4 is 4.72 Å². The number of nitrogens with zero attached hydrogens (tertiary/aromatic N) is 2. The van der Waals surface area contributed by atoms with Crippen molar-refractivity contribution < 1.29 is 22.5 Å². The summed E-state index contributed by atoms with van der Waals surface area (Å²) < 4.78 is 35.4. The molecule has 2 aromatic rings.